The predicted octanol–water partition coefficient (Wildman–Crippen LogP) is 3.43. The summed E-state index contributed by atoms with van der Waals surface area (Å²) in [5.74, 6) is -0.346. The number of carbonyl (C=O) groups is 2. The lowest BCUT2D eigenvalue weighted by molar-refractivity contribution is -0.140. The highest BCUT2D eigenvalue weighted by atomic mass is 32.1. The predicted molar refractivity (Wildman–Crippen MR) is 138 cm³/mol. The number of thiophene rings is 1. The third-order valence-electron chi connectivity index (χ3n) is 5.36. The molecule has 188 valence electrons. The molecule has 0 fully saturated rings. The molecule has 0 saturated carbocycles. The van der Waals surface area contributed by atoms with Crippen LogP contribution in [0.25, 0.3) is 6.08 Å². The van der Waals surface area contributed by atoms with Crippen LogP contribution in [0.4, 0.5) is 0 Å². The van der Waals surface area contributed by atoms with E-state index < -0.39 is 18.0 Å². The summed E-state index contributed by atoms with van der Waals surface area (Å²) < 4.78 is 18.3. The molecule has 1 unspecified atom stereocenters. The van der Waals surface area contributed by atoms with Gasteiger partial charge in [-0.3, -0.25) is 14.2 Å². The summed E-state index contributed by atoms with van der Waals surface area (Å²) in [5, 5.41) is 1.94. The molecule has 8 nitrogen and oxygen atoms in total. The molecule has 1 aromatic carbocycles. The second-order valence-corrected chi connectivity index (χ2v) is 10.6. The minimum Gasteiger partial charge on any atom is -0.493 e. The maximum absolute atomic E-state index is 13.6. The van der Waals surface area contributed by atoms with Crippen molar-refractivity contribution in [2.24, 2.45) is 10.9 Å². The van der Waals surface area contributed by atoms with Crippen LogP contribution in [0.3, 0.4) is 0 Å². The molecule has 0 amide bonds. The van der Waals surface area contributed by atoms with Gasteiger partial charge in [0.2, 0.25) is 0 Å². The number of esters is 2. The van der Waals surface area contributed by atoms with Crippen LogP contribution in [0.15, 0.2) is 56.8 Å². The first kappa shape index (κ1) is 25.6. The zero-order chi connectivity index (χ0) is 26.0. The fourth-order valence-electron chi connectivity index (χ4n) is 3.81. The van der Waals surface area contributed by atoms with E-state index in [0.29, 0.717) is 26.3 Å². The Kier molecular flexibility index (Phi) is 7.56. The van der Waals surface area contributed by atoms with Crippen LogP contribution in [0.2, 0.25) is 0 Å². The van der Waals surface area contributed by atoms with Gasteiger partial charge >= 0.3 is 11.9 Å². The van der Waals surface area contributed by atoms with Gasteiger partial charge in [0.15, 0.2) is 16.3 Å². The molecule has 3 heterocycles. The van der Waals surface area contributed by atoms with Gasteiger partial charge < -0.3 is 14.2 Å². The van der Waals surface area contributed by atoms with Crippen LogP contribution >= 0.6 is 22.7 Å². The van der Waals surface area contributed by atoms with E-state index in [1.807, 2.05) is 37.4 Å². The molecule has 0 aliphatic carbocycles. The fourth-order valence-corrected chi connectivity index (χ4v) is 5.58. The van der Waals surface area contributed by atoms with E-state index in [-0.39, 0.29) is 29.4 Å². The van der Waals surface area contributed by atoms with Crippen LogP contribution in [0.1, 0.15) is 44.2 Å². The van der Waals surface area contributed by atoms with E-state index in [0.717, 1.165) is 4.88 Å². The molecular formula is C26H26N2O6S2. The zero-order valence-electron chi connectivity index (χ0n) is 20.6. The number of nitrogens with zero attached hydrogens (tertiary/aromatic N) is 2. The highest BCUT2D eigenvalue weighted by Crippen LogP contribution is 2.36. The standard InChI is InChI=1S/C26H26N2O6S2/c1-14(2)13-33-25(31)22-15(3)27-26-28(24(30)21(36-26)12-18-7-6-10-35-18)23(22)17-8-9-19(34-16(4)29)20(11-17)32-5/h6-12,14,23H,13H2,1-5H3/b21-12+. The topological polar surface area (TPSA) is 96.2 Å². The van der Waals surface area contributed by atoms with Gasteiger partial charge in [0.25, 0.3) is 5.56 Å². The molecule has 0 bridgehead atoms. The van der Waals surface area contributed by atoms with Crippen molar-refractivity contribution in [2.45, 2.75) is 33.7 Å². The molecule has 1 aliphatic rings. The Morgan fingerprint density at radius 3 is 2.64 bits per heavy atom. The average Bonchev–Trinajstić information content (AvgIpc) is 3.44. The number of allylic oxidation sites excluding steroid dienone is 1. The van der Waals surface area contributed by atoms with E-state index in [1.54, 1.807) is 25.1 Å². The molecule has 0 spiro atoms. The normalized spacial score (nSPS) is 15.5. The molecular weight excluding hydrogens is 500 g/mol. The lowest BCUT2D eigenvalue weighted by Gasteiger charge is -2.25. The summed E-state index contributed by atoms with van der Waals surface area (Å²) in [5.41, 5.74) is 1.08. The van der Waals surface area contributed by atoms with Gasteiger partial charge in [-0.1, -0.05) is 37.3 Å². The Bertz CT molecular complexity index is 1510. The number of rotatable bonds is 7. The van der Waals surface area contributed by atoms with Gasteiger partial charge in [0.1, 0.15) is 0 Å². The molecule has 2 aromatic heterocycles. The van der Waals surface area contributed by atoms with E-state index in [4.69, 9.17) is 14.2 Å². The Morgan fingerprint density at radius 2 is 2.00 bits per heavy atom. The van der Waals surface area contributed by atoms with E-state index >= 15 is 0 Å². The summed E-state index contributed by atoms with van der Waals surface area (Å²) in [6.07, 6.45) is 1.83. The van der Waals surface area contributed by atoms with Crippen LogP contribution < -0.4 is 24.4 Å². The minimum atomic E-state index is -0.799. The molecule has 36 heavy (non-hydrogen) atoms. The molecule has 0 saturated heterocycles. The van der Waals surface area contributed by atoms with Crippen molar-refractivity contribution < 1.29 is 23.8 Å². The molecule has 3 aromatic rings. The molecule has 0 N–H and O–H groups in total. The highest BCUT2D eigenvalue weighted by Gasteiger charge is 2.34. The Balaban J connectivity index is 1.92. The number of fused-ring (bicyclic) bond motifs is 1. The third-order valence-corrected chi connectivity index (χ3v) is 7.17. The Labute approximate surface area is 215 Å². The molecule has 10 heteroatoms. The van der Waals surface area contributed by atoms with Crippen molar-refractivity contribution in [3.8, 4) is 11.5 Å². The SMILES string of the molecule is COc1cc(C2C(C(=O)OCC(C)C)=C(C)N=c3s/c(=C/c4cccs4)c(=O)n32)ccc1OC(C)=O. The summed E-state index contributed by atoms with van der Waals surface area (Å²) in [4.78, 5) is 44.5. The number of carbonyl (C=O) groups excluding carboxylic acids is 2. The maximum Gasteiger partial charge on any atom is 0.338 e. The molecule has 1 aliphatic heterocycles. The Morgan fingerprint density at radius 1 is 1.22 bits per heavy atom. The molecule has 1 atom stereocenters. The number of aromatic nitrogens is 1. The highest BCUT2D eigenvalue weighted by molar-refractivity contribution is 7.11. The average molecular weight is 527 g/mol. The second-order valence-electron chi connectivity index (χ2n) is 8.59. The second kappa shape index (κ2) is 10.6. The van der Waals surface area contributed by atoms with Crippen molar-refractivity contribution in [3.05, 3.63) is 77.1 Å². The van der Waals surface area contributed by atoms with Crippen molar-refractivity contribution in [2.75, 3.05) is 13.7 Å². The van der Waals surface area contributed by atoms with Crippen molar-refractivity contribution in [1.82, 2.24) is 4.57 Å². The van der Waals surface area contributed by atoms with Gasteiger partial charge in [-0.25, -0.2) is 9.79 Å². The van der Waals surface area contributed by atoms with Crippen LogP contribution in [-0.4, -0.2) is 30.2 Å². The smallest absolute Gasteiger partial charge is 0.338 e. The Hall–Kier alpha value is -3.50. The first-order chi connectivity index (χ1) is 17.2. The zero-order valence-corrected chi connectivity index (χ0v) is 22.2. The van der Waals surface area contributed by atoms with Gasteiger partial charge in [-0.2, -0.15) is 0 Å². The summed E-state index contributed by atoms with van der Waals surface area (Å²) >= 11 is 2.79. The van der Waals surface area contributed by atoms with Gasteiger partial charge in [-0.05, 0) is 48.1 Å². The number of hydrogen-bond acceptors (Lipinski definition) is 9. The van der Waals surface area contributed by atoms with Crippen LogP contribution in [0, 0.1) is 5.92 Å². The first-order valence-corrected chi connectivity index (χ1v) is 13.0. The number of thiazole rings is 1. The summed E-state index contributed by atoms with van der Waals surface area (Å²) in [7, 11) is 1.46. The maximum atomic E-state index is 13.6. The lowest BCUT2D eigenvalue weighted by Crippen LogP contribution is -2.40. The van der Waals surface area contributed by atoms with Gasteiger partial charge in [0.05, 0.1) is 35.6 Å². The van der Waals surface area contributed by atoms with E-state index in [1.165, 1.54) is 41.3 Å². The number of benzene rings is 1. The van der Waals surface area contributed by atoms with E-state index in [2.05, 4.69) is 4.99 Å². The number of hydrogen-bond donors (Lipinski definition) is 0. The van der Waals surface area contributed by atoms with E-state index in [9.17, 15) is 14.4 Å². The van der Waals surface area contributed by atoms with Gasteiger partial charge in [-0.15, -0.1) is 11.3 Å². The van der Waals surface area contributed by atoms with Crippen LogP contribution in [-0.2, 0) is 14.3 Å². The minimum absolute atomic E-state index is 0.142. The third kappa shape index (κ3) is 5.19. The lowest BCUT2D eigenvalue weighted by atomic mass is 9.95. The quantitative estimate of drug-likeness (QED) is 0.346. The van der Waals surface area contributed by atoms with Crippen LogP contribution in [0.5, 0.6) is 11.5 Å². The number of ether oxygens (including phenoxy) is 3. The first-order valence-electron chi connectivity index (χ1n) is 11.3. The van der Waals surface area contributed by atoms with Crippen molar-refractivity contribution in [1.29, 1.82) is 0 Å². The fraction of sp³-hybridized carbons (Fsp3) is 0.308. The number of methoxy groups -OCH3 is 1. The largest absolute Gasteiger partial charge is 0.493 e. The van der Waals surface area contributed by atoms with Crippen molar-refractivity contribution in [3.63, 3.8) is 0 Å². The molecule has 0 radical (unpaired) electrons. The summed E-state index contributed by atoms with van der Waals surface area (Å²) in [6.45, 7) is 7.17. The van der Waals surface area contributed by atoms with Crippen molar-refractivity contribution >= 4 is 40.7 Å². The van der Waals surface area contributed by atoms with Gasteiger partial charge in [0, 0.05) is 11.8 Å². The molecule has 4 rings (SSSR count). The summed E-state index contributed by atoms with van der Waals surface area (Å²) in [6, 6.07) is 8.00. The monoisotopic (exact) mass is 526 g/mol.